The molecule has 1 heterocycles. The van der Waals surface area contributed by atoms with Crippen LogP contribution in [-0.4, -0.2) is 31.8 Å². The third-order valence-corrected chi connectivity index (χ3v) is 4.11. The number of carbonyl (C=O) groups excluding carboxylic acids is 1. The number of benzene rings is 1. The van der Waals surface area contributed by atoms with Crippen LogP contribution in [0.4, 0.5) is 5.69 Å². The molecule has 0 bridgehead atoms. The van der Waals surface area contributed by atoms with Gasteiger partial charge in [0.15, 0.2) is 0 Å². The highest BCUT2D eigenvalue weighted by molar-refractivity contribution is 5.91. The summed E-state index contributed by atoms with van der Waals surface area (Å²) >= 11 is 0. The van der Waals surface area contributed by atoms with Gasteiger partial charge in [-0.05, 0) is 50.7 Å². The number of ether oxygens (including phenoxy) is 2. The van der Waals surface area contributed by atoms with E-state index in [1.807, 2.05) is 32.0 Å². The summed E-state index contributed by atoms with van der Waals surface area (Å²) in [4.78, 5) is 11.9. The maximum atomic E-state index is 11.9. The fraction of sp³-hybridized carbons (Fsp3) is 0.611. The van der Waals surface area contributed by atoms with E-state index in [4.69, 9.17) is 15.2 Å². The van der Waals surface area contributed by atoms with E-state index in [2.05, 4.69) is 5.32 Å². The number of halogens is 1. The van der Waals surface area contributed by atoms with Gasteiger partial charge in [-0.1, -0.05) is 6.07 Å². The van der Waals surface area contributed by atoms with Crippen LogP contribution in [0.3, 0.4) is 0 Å². The highest BCUT2D eigenvalue weighted by Crippen LogP contribution is 2.25. The Morgan fingerprint density at radius 2 is 2.12 bits per heavy atom. The summed E-state index contributed by atoms with van der Waals surface area (Å²) in [7, 11) is 0. The normalized spacial score (nSPS) is 16.1. The molecular weight excluding hydrogens is 328 g/mol. The molecule has 1 aromatic carbocycles. The Morgan fingerprint density at radius 1 is 1.42 bits per heavy atom. The minimum absolute atomic E-state index is 0. The highest BCUT2D eigenvalue weighted by atomic mass is 35.5. The van der Waals surface area contributed by atoms with Crippen molar-refractivity contribution in [2.45, 2.75) is 45.6 Å². The summed E-state index contributed by atoms with van der Waals surface area (Å²) in [6.45, 7) is 6.26. The van der Waals surface area contributed by atoms with Gasteiger partial charge in [-0.25, -0.2) is 0 Å². The molecule has 2 rings (SSSR count). The molecule has 1 fully saturated rings. The maximum absolute atomic E-state index is 11.9. The number of nitrogens with two attached hydrogens (primary N) is 1. The van der Waals surface area contributed by atoms with Crippen LogP contribution in [0.1, 0.15) is 38.2 Å². The Morgan fingerprint density at radius 3 is 2.79 bits per heavy atom. The van der Waals surface area contributed by atoms with Crippen LogP contribution < -0.4 is 15.8 Å². The van der Waals surface area contributed by atoms with E-state index < -0.39 is 0 Å². The molecule has 6 heteroatoms. The third kappa shape index (κ3) is 7.07. The second-order valence-electron chi connectivity index (χ2n) is 6.41. The molecule has 0 saturated carbocycles. The standard InChI is InChI=1S/C18H28N2O3.ClH/c1-13-3-5-16(20-18(21)6-4-14(2)19)11-17(13)23-12-15-7-9-22-10-8-15;/h3,5,11,14-15H,4,6-10,12,19H2,1-2H3,(H,20,21);1H. The van der Waals surface area contributed by atoms with Crippen LogP contribution in [0.25, 0.3) is 0 Å². The lowest BCUT2D eigenvalue weighted by Gasteiger charge is -2.22. The van der Waals surface area contributed by atoms with Crippen molar-refractivity contribution >= 4 is 24.0 Å². The molecule has 5 nitrogen and oxygen atoms in total. The molecule has 136 valence electrons. The molecule has 1 aliphatic rings. The Kier molecular flexibility index (Phi) is 9.11. The van der Waals surface area contributed by atoms with Gasteiger partial charge in [0.2, 0.25) is 5.91 Å². The van der Waals surface area contributed by atoms with Crippen LogP contribution in [0, 0.1) is 12.8 Å². The molecule has 0 spiro atoms. The minimum Gasteiger partial charge on any atom is -0.493 e. The van der Waals surface area contributed by atoms with Crippen molar-refractivity contribution in [1.82, 2.24) is 0 Å². The van der Waals surface area contributed by atoms with Crippen LogP contribution in [0.15, 0.2) is 18.2 Å². The third-order valence-electron chi connectivity index (χ3n) is 4.11. The van der Waals surface area contributed by atoms with E-state index >= 15 is 0 Å². The summed E-state index contributed by atoms with van der Waals surface area (Å²) in [6, 6.07) is 5.82. The molecule has 1 atom stereocenters. The molecule has 1 unspecified atom stereocenters. The van der Waals surface area contributed by atoms with E-state index in [1.165, 1.54) is 0 Å². The van der Waals surface area contributed by atoms with Crippen molar-refractivity contribution < 1.29 is 14.3 Å². The SMILES string of the molecule is Cc1ccc(NC(=O)CCC(C)N)cc1OCC1CCOCC1.Cl. The fourth-order valence-corrected chi connectivity index (χ4v) is 2.54. The van der Waals surface area contributed by atoms with E-state index in [9.17, 15) is 4.79 Å². The highest BCUT2D eigenvalue weighted by Gasteiger charge is 2.15. The van der Waals surface area contributed by atoms with Crippen molar-refractivity contribution in [1.29, 1.82) is 0 Å². The molecule has 24 heavy (non-hydrogen) atoms. The number of nitrogens with one attached hydrogen (secondary N) is 1. The van der Waals surface area contributed by atoms with Gasteiger partial charge in [0.25, 0.3) is 0 Å². The first-order chi connectivity index (χ1) is 11.0. The molecule has 0 aromatic heterocycles. The van der Waals surface area contributed by atoms with Crippen molar-refractivity contribution in [3.63, 3.8) is 0 Å². The Labute approximate surface area is 150 Å². The lowest BCUT2D eigenvalue weighted by molar-refractivity contribution is -0.116. The Hall–Kier alpha value is -1.30. The van der Waals surface area contributed by atoms with Gasteiger partial charge in [-0.15, -0.1) is 12.4 Å². The number of carbonyl (C=O) groups is 1. The summed E-state index contributed by atoms with van der Waals surface area (Å²) < 4.78 is 11.3. The Balaban J connectivity index is 0.00000288. The topological polar surface area (TPSA) is 73.6 Å². The summed E-state index contributed by atoms with van der Waals surface area (Å²) in [5.41, 5.74) is 7.52. The smallest absolute Gasteiger partial charge is 0.224 e. The number of rotatable bonds is 7. The van der Waals surface area contributed by atoms with Crippen LogP contribution in [0.2, 0.25) is 0 Å². The van der Waals surface area contributed by atoms with Crippen LogP contribution in [-0.2, 0) is 9.53 Å². The number of hydrogen-bond donors (Lipinski definition) is 2. The molecule has 1 aromatic rings. The molecule has 0 radical (unpaired) electrons. The number of aryl methyl sites for hydroxylation is 1. The van der Waals surface area contributed by atoms with Crippen LogP contribution >= 0.6 is 12.4 Å². The zero-order chi connectivity index (χ0) is 16.7. The zero-order valence-corrected chi connectivity index (χ0v) is 15.4. The molecular formula is C18H29ClN2O3. The summed E-state index contributed by atoms with van der Waals surface area (Å²) in [6.07, 6.45) is 3.22. The monoisotopic (exact) mass is 356 g/mol. The molecule has 0 aliphatic carbocycles. The Bertz CT molecular complexity index is 517. The first kappa shape index (κ1) is 20.7. The van der Waals surface area contributed by atoms with Gasteiger partial charge in [0.1, 0.15) is 5.75 Å². The second kappa shape index (κ2) is 10.5. The van der Waals surface area contributed by atoms with Crippen molar-refractivity contribution in [3.05, 3.63) is 23.8 Å². The minimum atomic E-state index is -0.0125. The van der Waals surface area contributed by atoms with Gasteiger partial charge in [-0.3, -0.25) is 4.79 Å². The lowest BCUT2D eigenvalue weighted by atomic mass is 10.0. The number of amides is 1. The van der Waals surface area contributed by atoms with Gasteiger partial charge < -0.3 is 20.5 Å². The van der Waals surface area contributed by atoms with Gasteiger partial charge in [-0.2, -0.15) is 0 Å². The maximum Gasteiger partial charge on any atom is 0.224 e. The fourth-order valence-electron chi connectivity index (χ4n) is 2.54. The lowest BCUT2D eigenvalue weighted by Crippen LogP contribution is -2.21. The largest absolute Gasteiger partial charge is 0.493 e. The van der Waals surface area contributed by atoms with Gasteiger partial charge >= 0.3 is 0 Å². The number of anilines is 1. The zero-order valence-electron chi connectivity index (χ0n) is 14.5. The molecule has 1 saturated heterocycles. The molecule has 3 N–H and O–H groups in total. The van der Waals surface area contributed by atoms with Crippen molar-refractivity contribution in [2.24, 2.45) is 11.7 Å². The first-order valence-electron chi connectivity index (χ1n) is 8.41. The van der Waals surface area contributed by atoms with Crippen LogP contribution in [0.5, 0.6) is 5.75 Å². The number of hydrogen-bond acceptors (Lipinski definition) is 4. The van der Waals surface area contributed by atoms with Crippen molar-refractivity contribution in [2.75, 3.05) is 25.1 Å². The average Bonchev–Trinajstić information content (AvgIpc) is 2.54. The summed E-state index contributed by atoms with van der Waals surface area (Å²) in [5.74, 6) is 1.37. The van der Waals surface area contributed by atoms with Gasteiger partial charge in [0.05, 0.1) is 6.61 Å². The van der Waals surface area contributed by atoms with E-state index in [-0.39, 0.29) is 24.4 Å². The average molecular weight is 357 g/mol. The quantitative estimate of drug-likeness (QED) is 0.786. The second-order valence-corrected chi connectivity index (χ2v) is 6.41. The van der Waals surface area contributed by atoms with E-state index in [1.54, 1.807) is 0 Å². The first-order valence-corrected chi connectivity index (χ1v) is 8.41. The predicted octanol–water partition coefficient (Wildman–Crippen LogP) is 3.29. The van der Waals surface area contributed by atoms with Gasteiger partial charge in [0, 0.05) is 37.4 Å². The molecule has 1 amide bonds. The molecule has 1 aliphatic heterocycles. The summed E-state index contributed by atoms with van der Waals surface area (Å²) in [5, 5.41) is 2.91. The van der Waals surface area contributed by atoms with E-state index in [0.29, 0.717) is 25.4 Å². The van der Waals surface area contributed by atoms with E-state index in [0.717, 1.165) is 43.1 Å². The van der Waals surface area contributed by atoms with Crippen molar-refractivity contribution in [3.8, 4) is 5.75 Å². The predicted molar refractivity (Wildman–Crippen MR) is 99.0 cm³/mol.